The summed E-state index contributed by atoms with van der Waals surface area (Å²) in [5, 5.41) is 16.9. The minimum Gasteiger partial charge on any atom is -0.478 e. The molecule has 4 N–H and O–H groups in total. The van der Waals surface area contributed by atoms with Crippen LogP contribution in [0.15, 0.2) is 35.5 Å². The Balaban J connectivity index is 2.34. The van der Waals surface area contributed by atoms with E-state index in [1.165, 1.54) is 6.92 Å². The number of para-hydroxylation sites is 1. The summed E-state index contributed by atoms with van der Waals surface area (Å²) in [4.78, 5) is 35.7. The number of hydrogen-bond acceptors (Lipinski definition) is 3. The molecule has 3 rings (SSSR count). The molecule has 0 bridgehead atoms. The van der Waals surface area contributed by atoms with Gasteiger partial charge in [-0.1, -0.05) is 18.2 Å². The minimum absolute atomic E-state index is 0.146. The van der Waals surface area contributed by atoms with Crippen LogP contribution in [0.4, 0.5) is 10.5 Å². The Morgan fingerprint density at radius 1 is 1.20 bits per heavy atom. The Labute approximate surface area is 113 Å². The lowest BCUT2D eigenvalue weighted by molar-refractivity contribution is -0.135. The maximum absolute atomic E-state index is 12.4. The number of carboxylic acid groups (broad SMARTS) is 1. The quantitative estimate of drug-likeness (QED) is 0.597. The predicted molar refractivity (Wildman–Crippen MR) is 68.8 cm³/mol. The van der Waals surface area contributed by atoms with Crippen molar-refractivity contribution in [2.45, 2.75) is 12.5 Å². The molecule has 3 amide bonds. The van der Waals surface area contributed by atoms with Crippen LogP contribution in [-0.2, 0) is 15.1 Å². The van der Waals surface area contributed by atoms with Crippen LogP contribution in [0.1, 0.15) is 12.5 Å². The number of rotatable bonds is 1. The number of amides is 3. The molecule has 0 aliphatic carbocycles. The zero-order chi connectivity index (χ0) is 14.5. The number of aliphatic carboxylic acids is 1. The number of carboxylic acids is 1. The van der Waals surface area contributed by atoms with E-state index in [9.17, 15) is 19.5 Å². The largest absolute Gasteiger partial charge is 0.478 e. The third-order valence-electron chi connectivity index (χ3n) is 3.49. The first-order valence-corrected chi connectivity index (χ1v) is 5.91. The molecular formula is C13H11N3O4. The highest BCUT2D eigenvalue weighted by Crippen LogP contribution is 2.42. The van der Waals surface area contributed by atoms with Crippen molar-refractivity contribution >= 4 is 23.6 Å². The van der Waals surface area contributed by atoms with Crippen molar-refractivity contribution in [3.63, 3.8) is 0 Å². The molecule has 0 radical (unpaired) electrons. The fourth-order valence-corrected chi connectivity index (χ4v) is 2.73. The van der Waals surface area contributed by atoms with Crippen LogP contribution in [0.25, 0.3) is 0 Å². The lowest BCUT2D eigenvalue weighted by Crippen LogP contribution is -2.60. The summed E-state index contributed by atoms with van der Waals surface area (Å²) in [7, 11) is 0. The Morgan fingerprint density at radius 3 is 2.60 bits per heavy atom. The highest BCUT2D eigenvalue weighted by atomic mass is 16.4. The minimum atomic E-state index is -1.69. The van der Waals surface area contributed by atoms with Gasteiger partial charge < -0.3 is 21.1 Å². The predicted octanol–water partition coefficient (Wildman–Crippen LogP) is 0.505. The number of anilines is 1. The van der Waals surface area contributed by atoms with Gasteiger partial charge in [-0.05, 0) is 13.0 Å². The van der Waals surface area contributed by atoms with Crippen molar-refractivity contribution in [2.24, 2.45) is 0 Å². The van der Waals surface area contributed by atoms with Gasteiger partial charge in [0.2, 0.25) is 0 Å². The lowest BCUT2D eigenvalue weighted by atomic mass is 9.81. The van der Waals surface area contributed by atoms with Gasteiger partial charge in [-0.15, -0.1) is 0 Å². The second-order valence-corrected chi connectivity index (χ2v) is 4.63. The lowest BCUT2D eigenvalue weighted by Gasteiger charge is -2.34. The molecular weight excluding hydrogens is 262 g/mol. The van der Waals surface area contributed by atoms with Crippen molar-refractivity contribution < 1.29 is 19.5 Å². The molecule has 0 saturated heterocycles. The molecule has 1 aromatic rings. The summed E-state index contributed by atoms with van der Waals surface area (Å²) in [5.41, 5.74) is -0.801. The number of fused-ring (bicyclic) bond motifs is 2. The average Bonchev–Trinajstić information content (AvgIpc) is 2.62. The van der Waals surface area contributed by atoms with E-state index in [4.69, 9.17) is 0 Å². The van der Waals surface area contributed by atoms with Crippen LogP contribution in [0.5, 0.6) is 0 Å². The Morgan fingerprint density at radius 2 is 1.90 bits per heavy atom. The first-order chi connectivity index (χ1) is 9.46. The highest BCUT2D eigenvalue weighted by Gasteiger charge is 2.56. The number of hydrogen-bond donors (Lipinski definition) is 4. The topological polar surface area (TPSA) is 108 Å². The molecule has 0 aromatic heterocycles. The average molecular weight is 273 g/mol. The Kier molecular flexibility index (Phi) is 2.34. The van der Waals surface area contributed by atoms with Gasteiger partial charge in [-0.25, -0.2) is 9.59 Å². The molecule has 102 valence electrons. The Bertz CT molecular complexity index is 695. The molecule has 2 heterocycles. The van der Waals surface area contributed by atoms with Gasteiger partial charge >= 0.3 is 12.0 Å². The van der Waals surface area contributed by atoms with Gasteiger partial charge in [0.15, 0.2) is 5.54 Å². The highest BCUT2D eigenvalue weighted by molar-refractivity contribution is 6.16. The molecule has 1 aromatic carbocycles. The standard InChI is InChI=1S/C13H11N3O4/c1-6-9(10(17)18)13(16-12(20)14-6)7-4-2-3-5-8(7)15-11(13)19/h2-5H,1H3,(H,15,19)(H,17,18)(H2,14,16,20). The van der Waals surface area contributed by atoms with Crippen molar-refractivity contribution in [1.29, 1.82) is 0 Å². The van der Waals surface area contributed by atoms with Crippen LogP contribution >= 0.6 is 0 Å². The summed E-state index contributed by atoms with van der Waals surface area (Å²) < 4.78 is 0. The summed E-state index contributed by atoms with van der Waals surface area (Å²) in [6, 6.07) is 6.07. The molecule has 0 saturated carbocycles. The molecule has 7 heteroatoms. The van der Waals surface area contributed by atoms with Crippen LogP contribution < -0.4 is 16.0 Å². The fraction of sp³-hybridized carbons (Fsp3) is 0.154. The normalized spacial score (nSPS) is 24.1. The van der Waals surface area contributed by atoms with Crippen molar-refractivity contribution in [2.75, 3.05) is 5.32 Å². The van der Waals surface area contributed by atoms with E-state index in [-0.39, 0.29) is 11.3 Å². The molecule has 2 aliphatic rings. The number of carbonyl (C=O) groups is 3. The van der Waals surface area contributed by atoms with Crippen molar-refractivity contribution in [3.8, 4) is 0 Å². The van der Waals surface area contributed by atoms with Crippen LogP contribution in [0.2, 0.25) is 0 Å². The summed E-state index contributed by atoms with van der Waals surface area (Å²) in [6.07, 6.45) is 0. The maximum atomic E-state index is 12.4. The van der Waals surface area contributed by atoms with Crippen molar-refractivity contribution in [1.82, 2.24) is 10.6 Å². The smallest absolute Gasteiger partial charge is 0.336 e. The van der Waals surface area contributed by atoms with Gasteiger partial charge in [-0.3, -0.25) is 4.79 Å². The maximum Gasteiger partial charge on any atom is 0.336 e. The van der Waals surface area contributed by atoms with Crippen LogP contribution in [0.3, 0.4) is 0 Å². The van der Waals surface area contributed by atoms with E-state index in [2.05, 4.69) is 16.0 Å². The van der Waals surface area contributed by atoms with E-state index in [1.54, 1.807) is 24.3 Å². The second kappa shape index (κ2) is 3.83. The van der Waals surface area contributed by atoms with Gasteiger partial charge in [0.25, 0.3) is 5.91 Å². The van der Waals surface area contributed by atoms with Crippen molar-refractivity contribution in [3.05, 3.63) is 41.1 Å². The number of allylic oxidation sites excluding steroid dienone is 1. The molecule has 2 aliphatic heterocycles. The molecule has 1 atom stereocenters. The molecule has 20 heavy (non-hydrogen) atoms. The first-order valence-electron chi connectivity index (χ1n) is 5.91. The second-order valence-electron chi connectivity index (χ2n) is 4.63. The third-order valence-corrected chi connectivity index (χ3v) is 3.49. The first kappa shape index (κ1) is 12.2. The summed E-state index contributed by atoms with van der Waals surface area (Å²) >= 11 is 0. The SMILES string of the molecule is CC1=C(C(=O)O)C2(NC(=O)N1)C(=O)Nc1ccccc12. The van der Waals surface area contributed by atoms with E-state index in [0.717, 1.165) is 0 Å². The molecule has 1 unspecified atom stereocenters. The van der Waals surface area contributed by atoms with Gasteiger partial charge in [0.05, 0.1) is 5.57 Å². The third kappa shape index (κ3) is 1.37. The number of benzene rings is 1. The van der Waals surface area contributed by atoms with Gasteiger partial charge in [0.1, 0.15) is 0 Å². The zero-order valence-electron chi connectivity index (χ0n) is 10.5. The summed E-state index contributed by atoms with van der Waals surface area (Å²) in [6.45, 7) is 1.46. The van der Waals surface area contributed by atoms with Crippen LogP contribution in [-0.4, -0.2) is 23.0 Å². The monoisotopic (exact) mass is 273 g/mol. The fourth-order valence-electron chi connectivity index (χ4n) is 2.73. The van der Waals surface area contributed by atoms with E-state index in [1.807, 2.05) is 0 Å². The van der Waals surface area contributed by atoms with E-state index >= 15 is 0 Å². The molecule has 0 fully saturated rings. The number of nitrogens with one attached hydrogen (secondary N) is 3. The van der Waals surface area contributed by atoms with Crippen LogP contribution in [0, 0.1) is 0 Å². The zero-order valence-corrected chi connectivity index (χ0v) is 10.5. The van der Waals surface area contributed by atoms with Gasteiger partial charge in [-0.2, -0.15) is 0 Å². The summed E-state index contributed by atoms with van der Waals surface area (Å²) in [5.74, 6) is -1.84. The number of urea groups is 1. The molecule has 1 spiro atoms. The number of carbonyl (C=O) groups excluding carboxylic acids is 2. The molecule has 7 nitrogen and oxygen atoms in total. The van der Waals surface area contributed by atoms with E-state index < -0.39 is 23.4 Å². The van der Waals surface area contributed by atoms with E-state index in [0.29, 0.717) is 11.3 Å². The van der Waals surface area contributed by atoms with Gasteiger partial charge in [0, 0.05) is 16.9 Å². The Hall–Kier alpha value is -2.83.